The average molecular weight is 243 g/mol. The van der Waals surface area contributed by atoms with Crippen LogP contribution in [0.2, 0.25) is 0 Å². The molecule has 0 bridgehead atoms. The smallest absolute Gasteiger partial charge is 0.307 e. The van der Waals surface area contributed by atoms with Crippen LogP contribution in [0.25, 0.3) is 0 Å². The molecule has 0 aliphatic heterocycles. The fourth-order valence-electron chi connectivity index (χ4n) is 1.86. The van der Waals surface area contributed by atoms with Crippen molar-refractivity contribution in [2.45, 2.75) is 25.7 Å². The molecule has 0 aromatic rings. The largest absolute Gasteiger partial charge is 0.481 e. The van der Waals surface area contributed by atoms with Crippen LogP contribution in [0.15, 0.2) is 10.6 Å². The molecular formula is C11H11ClO4. The zero-order valence-electron chi connectivity index (χ0n) is 8.53. The number of halogens is 1. The number of carbonyl (C=O) groups is 3. The average Bonchev–Trinajstić information content (AvgIpc) is 2.98. The van der Waals surface area contributed by atoms with Crippen LogP contribution in [0.4, 0.5) is 0 Å². The maximum atomic E-state index is 11.7. The molecule has 1 fully saturated rings. The minimum absolute atomic E-state index is 0.0571. The molecule has 4 nitrogen and oxygen atoms in total. The van der Waals surface area contributed by atoms with E-state index in [1.54, 1.807) is 0 Å². The van der Waals surface area contributed by atoms with E-state index >= 15 is 0 Å². The third kappa shape index (κ3) is 2.02. The van der Waals surface area contributed by atoms with Crippen LogP contribution < -0.4 is 0 Å². The molecule has 0 heterocycles. The quantitative estimate of drug-likeness (QED) is 0.762. The molecule has 0 saturated heterocycles. The Morgan fingerprint density at radius 3 is 2.25 bits per heavy atom. The second kappa shape index (κ2) is 4.01. The molecule has 1 saturated carbocycles. The van der Waals surface area contributed by atoms with E-state index < -0.39 is 17.7 Å². The molecule has 16 heavy (non-hydrogen) atoms. The molecule has 2 aliphatic rings. The van der Waals surface area contributed by atoms with Gasteiger partial charge in [-0.1, -0.05) is 11.6 Å². The van der Waals surface area contributed by atoms with E-state index in [4.69, 9.17) is 16.7 Å². The Bertz CT molecular complexity index is 406. The fraction of sp³-hybridized carbons (Fsp3) is 0.545. The molecule has 0 aromatic heterocycles. The van der Waals surface area contributed by atoms with Gasteiger partial charge in [0, 0.05) is 17.4 Å². The number of hydrogen-bond acceptors (Lipinski definition) is 3. The van der Waals surface area contributed by atoms with Crippen LogP contribution in [0.5, 0.6) is 0 Å². The van der Waals surface area contributed by atoms with Gasteiger partial charge < -0.3 is 5.11 Å². The first-order valence-corrected chi connectivity index (χ1v) is 5.57. The summed E-state index contributed by atoms with van der Waals surface area (Å²) < 4.78 is 0. The number of hydrogen-bond donors (Lipinski definition) is 1. The lowest BCUT2D eigenvalue weighted by atomic mass is 9.85. The van der Waals surface area contributed by atoms with E-state index in [1.165, 1.54) is 0 Å². The van der Waals surface area contributed by atoms with Crippen molar-refractivity contribution in [2.75, 3.05) is 0 Å². The van der Waals surface area contributed by atoms with Crippen molar-refractivity contribution >= 4 is 29.1 Å². The van der Waals surface area contributed by atoms with Crippen LogP contribution in [-0.2, 0) is 14.4 Å². The van der Waals surface area contributed by atoms with Crippen molar-refractivity contribution in [3.8, 4) is 0 Å². The summed E-state index contributed by atoms with van der Waals surface area (Å²) in [6.45, 7) is 0. The zero-order valence-corrected chi connectivity index (χ0v) is 9.29. The summed E-state index contributed by atoms with van der Waals surface area (Å²) in [6.07, 6.45) is 1.60. The predicted molar refractivity (Wildman–Crippen MR) is 56.0 cm³/mol. The fourth-order valence-corrected chi connectivity index (χ4v) is 2.25. The van der Waals surface area contributed by atoms with Crippen molar-refractivity contribution in [3.05, 3.63) is 10.6 Å². The van der Waals surface area contributed by atoms with Gasteiger partial charge in [0.2, 0.25) is 0 Å². The number of Topliss-reactive ketones (excluding diaryl/α,β-unsaturated/α-hetero) is 2. The molecule has 5 heteroatoms. The van der Waals surface area contributed by atoms with Crippen molar-refractivity contribution in [2.24, 2.45) is 11.8 Å². The monoisotopic (exact) mass is 242 g/mol. The number of carboxylic acids is 1. The molecule has 2 rings (SSSR count). The first kappa shape index (κ1) is 11.3. The Balaban J connectivity index is 2.23. The molecule has 2 aliphatic carbocycles. The standard InChI is InChI=1S/C11H11ClO4/c12-7-3-6(11(15)16)4-8(13)9(7)10(14)5-1-2-5/h5-6H,1-4H2,(H,15,16). The van der Waals surface area contributed by atoms with Gasteiger partial charge in [-0.3, -0.25) is 14.4 Å². The molecule has 1 unspecified atom stereocenters. The summed E-state index contributed by atoms with van der Waals surface area (Å²) in [5.74, 6) is -2.49. The lowest BCUT2D eigenvalue weighted by Crippen LogP contribution is -2.27. The van der Waals surface area contributed by atoms with Crippen LogP contribution in [0.3, 0.4) is 0 Å². The summed E-state index contributed by atoms with van der Waals surface area (Å²) in [7, 11) is 0. The Kier molecular flexibility index (Phi) is 2.84. The van der Waals surface area contributed by atoms with Gasteiger partial charge in [0.1, 0.15) is 0 Å². The Hall–Kier alpha value is -1.16. The van der Waals surface area contributed by atoms with Crippen molar-refractivity contribution in [1.29, 1.82) is 0 Å². The molecule has 1 atom stereocenters. The molecule has 1 N–H and O–H groups in total. The van der Waals surface area contributed by atoms with E-state index in [-0.39, 0.29) is 35.1 Å². The number of aliphatic carboxylic acids is 1. The first-order chi connectivity index (χ1) is 7.50. The van der Waals surface area contributed by atoms with E-state index in [9.17, 15) is 14.4 Å². The normalized spacial score (nSPS) is 25.8. The van der Waals surface area contributed by atoms with Gasteiger partial charge >= 0.3 is 5.97 Å². The van der Waals surface area contributed by atoms with E-state index in [0.29, 0.717) is 0 Å². The van der Waals surface area contributed by atoms with Gasteiger partial charge in [-0.2, -0.15) is 0 Å². The third-order valence-electron chi connectivity index (χ3n) is 2.95. The molecular weight excluding hydrogens is 232 g/mol. The van der Waals surface area contributed by atoms with Gasteiger partial charge in [0.05, 0.1) is 11.5 Å². The Morgan fingerprint density at radius 2 is 1.81 bits per heavy atom. The highest BCUT2D eigenvalue weighted by atomic mass is 35.5. The van der Waals surface area contributed by atoms with Crippen LogP contribution in [-0.4, -0.2) is 22.6 Å². The number of carbonyl (C=O) groups excluding carboxylic acids is 2. The lowest BCUT2D eigenvalue weighted by Gasteiger charge is -2.19. The van der Waals surface area contributed by atoms with Crippen LogP contribution in [0.1, 0.15) is 25.7 Å². The van der Waals surface area contributed by atoms with Gasteiger partial charge in [-0.25, -0.2) is 0 Å². The van der Waals surface area contributed by atoms with Gasteiger partial charge in [-0.15, -0.1) is 0 Å². The molecule has 0 amide bonds. The summed E-state index contributed by atoms with van der Waals surface area (Å²) in [5.41, 5.74) is 0.0571. The highest BCUT2D eigenvalue weighted by molar-refractivity contribution is 6.38. The highest BCUT2D eigenvalue weighted by Crippen LogP contribution is 2.38. The number of ketones is 2. The SMILES string of the molecule is O=C1CC(C(=O)O)CC(Cl)=C1C(=O)C1CC1. The van der Waals surface area contributed by atoms with Gasteiger partial charge in [0.15, 0.2) is 11.6 Å². The Labute approximate surface area is 97.3 Å². The molecule has 0 radical (unpaired) electrons. The maximum absolute atomic E-state index is 11.7. The van der Waals surface area contributed by atoms with Crippen molar-refractivity contribution < 1.29 is 19.5 Å². The number of allylic oxidation sites excluding steroid dienone is 2. The molecule has 0 spiro atoms. The van der Waals surface area contributed by atoms with Crippen LogP contribution >= 0.6 is 11.6 Å². The van der Waals surface area contributed by atoms with Gasteiger partial charge in [0.25, 0.3) is 0 Å². The van der Waals surface area contributed by atoms with Gasteiger partial charge in [-0.05, 0) is 19.3 Å². The second-order valence-electron chi connectivity index (χ2n) is 4.29. The molecule has 0 aromatic carbocycles. The topological polar surface area (TPSA) is 71.4 Å². The first-order valence-electron chi connectivity index (χ1n) is 5.19. The minimum Gasteiger partial charge on any atom is -0.481 e. The number of carboxylic acid groups (broad SMARTS) is 1. The summed E-state index contributed by atoms with van der Waals surface area (Å²) in [6, 6.07) is 0. The molecule has 86 valence electrons. The predicted octanol–water partition coefficient (Wildman–Crippen LogP) is 1.52. The zero-order chi connectivity index (χ0) is 11.9. The summed E-state index contributed by atoms with van der Waals surface area (Å²) in [4.78, 5) is 34.2. The lowest BCUT2D eigenvalue weighted by molar-refractivity contribution is -0.144. The second-order valence-corrected chi connectivity index (χ2v) is 4.74. The van der Waals surface area contributed by atoms with Crippen molar-refractivity contribution in [3.63, 3.8) is 0 Å². The van der Waals surface area contributed by atoms with E-state index in [1.807, 2.05) is 0 Å². The third-order valence-corrected chi connectivity index (χ3v) is 3.29. The Morgan fingerprint density at radius 1 is 1.19 bits per heavy atom. The van der Waals surface area contributed by atoms with Crippen LogP contribution in [0, 0.1) is 11.8 Å². The number of rotatable bonds is 3. The van der Waals surface area contributed by atoms with E-state index in [2.05, 4.69) is 0 Å². The highest BCUT2D eigenvalue weighted by Gasteiger charge is 2.39. The van der Waals surface area contributed by atoms with E-state index in [0.717, 1.165) is 12.8 Å². The summed E-state index contributed by atoms with van der Waals surface area (Å²) >= 11 is 5.86. The van der Waals surface area contributed by atoms with Crippen molar-refractivity contribution in [1.82, 2.24) is 0 Å². The maximum Gasteiger partial charge on any atom is 0.307 e. The summed E-state index contributed by atoms with van der Waals surface area (Å²) in [5, 5.41) is 8.93. The minimum atomic E-state index is -1.04.